The van der Waals surface area contributed by atoms with Gasteiger partial charge in [0.05, 0.1) is 10.7 Å². The number of likely N-dealkylation sites (N-methyl/N-ethyl adjacent to an activating group) is 1. The summed E-state index contributed by atoms with van der Waals surface area (Å²) in [5, 5.41) is 4.42. The molecule has 2 aromatic rings. The fraction of sp³-hybridized carbons (Fsp3) is 0.357. The van der Waals surface area contributed by atoms with Crippen molar-refractivity contribution in [3.63, 3.8) is 0 Å². The van der Waals surface area contributed by atoms with Gasteiger partial charge >= 0.3 is 0 Å². The Hall–Kier alpha value is -0.530. The molecule has 102 valence electrons. The third kappa shape index (κ3) is 3.52. The summed E-state index contributed by atoms with van der Waals surface area (Å²) in [5.74, 6) is -0.191. The Balaban J connectivity index is 2.24. The van der Waals surface area contributed by atoms with Crippen LogP contribution in [0, 0.1) is 23.2 Å². The Bertz CT molecular complexity index is 563. The summed E-state index contributed by atoms with van der Waals surface area (Å²) in [6.07, 6.45) is 0.831. The zero-order valence-electron chi connectivity index (χ0n) is 11.1. The van der Waals surface area contributed by atoms with Gasteiger partial charge < -0.3 is 5.32 Å². The smallest absolute Gasteiger partial charge is 0.124 e. The maximum absolute atomic E-state index is 13.2. The van der Waals surface area contributed by atoms with Crippen molar-refractivity contribution in [2.45, 2.75) is 26.3 Å². The van der Waals surface area contributed by atoms with E-state index in [1.54, 1.807) is 17.4 Å². The molecule has 0 aliphatic carbocycles. The summed E-state index contributed by atoms with van der Waals surface area (Å²) < 4.78 is 14.1. The number of benzene rings is 1. The quantitative estimate of drug-likeness (QED) is 0.799. The highest BCUT2D eigenvalue weighted by Crippen LogP contribution is 2.26. The first kappa shape index (κ1) is 14.9. The van der Waals surface area contributed by atoms with Crippen molar-refractivity contribution in [2.75, 3.05) is 7.05 Å². The van der Waals surface area contributed by atoms with E-state index < -0.39 is 0 Å². The second-order valence-corrected chi connectivity index (χ2v) is 6.91. The van der Waals surface area contributed by atoms with Crippen LogP contribution in [0.1, 0.15) is 27.2 Å². The molecule has 0 fully saturated rings. The normalized spacial score (nSPS) is 12.7. The minimum atomic E-state index is -0.191. The van der Waals surface area contributed by atoms with E-state index in [9.17, 15) is 4.39 Å². The van der Waals surface area contributed by atoms with Gasteiger partial charge in [0.25, 0.3) is 0 Å². The van der Waals surface area contributed by atoms with Crippen LogP contribution in [-0.4, -0.2) is 12.0 Å². The molecule has 0 saturated carbocycles. The molecule has 0 aliphatic rings. The highest BCUT2D eigenvalue weighted by Gasteiger charge is 2.16. The Morgan fingerprint density at radius 1 is 1.42 bits per heavy atom. The van der Waals surface area contributed by atoms with Gasteiger partial charge in [0.15, 0.2) is 0 Å². The molecule has 1 N–H and O–H groups in total. The molecule has 2 rings (SSSR count). The summed E-state index contributed by atoms with van der Waals surface area (Å²) >= 11 is 3.92. The average Bonchev–Trinajstić information content (AvgIpc) is 2.66. The number of rotatable bonds is 4. The molecule has 1 heterocycles. The minimum Gasteiger partial charge on any atom is -0.313 e. The molecule has 1 aromatic carbocycles. The standard InChI is InChI=1S/C14H16FIN2S/c1-8-9(2)19-14(18-8)7-13(17-3)11-5-4-10(15)6-12(11)16/h4-6,13,17H,7H2,1-3H3. The van der Waals surface area contributed by atoms with Crippen LogP contribution in [-0.2, 0) is 6.42 Å². The van der Waals surface area contributed by atoms with Crippen LogP contribution in [0.5, 0.6) is 0 Å². The molecule has 0 amide bonds. The lowest BCUT2D eigenvalue weighted by molar-refractivity contribution is 0.581. The largest absolute Gasteiger partial charge is 0.313 e. The molecule has 2 nitrogen and oxygen atoms in total. The second kappa shape index (κ2) is 6.28. The third-order valence-electron chi connectivity index (χ3n) is 3.14. The SMILES string of the molecule is CNC(Cc1nc(C)c(C)s1)c1ccc(F)cc1I. The molecular formula is C14H16FIN2S. The Kier molecular flexibility index (Phi) is 4.92. The van der Waals surface area contributed by atoms with Gasteiger partial charge in [0, 0.05) is 20.9 Å². The first-order valence-electron chi connectivity index (χ1n) is 6.06. The summed E-state index contributed by atoms with van der Waals surface area (Å²) in [6.45, 7) is 4.12. The van der Waals surface area contributed by atoms with Crippen molar-refractivity contribution in [3.05, 3.63) is 48.7 Å². The van der Waals surface area contributed by atoms with E-state index in [0.29, 0.717) is 0 Å². The summed E-state index contributed by atoms with van der Waals surface area (Å²) in [6, 6.07) is 5.10. The van der Waals surface area contributed by atoms with Crippen molar-refractivity contribution < 1.29 is 4.39 Å². The van der Waals surface area contributed by atoms with Gasteiger partial charge in [-0.1, -0.05) is 6.07 Å². The maximum Gasteiger partial charge on any atom is 0.124 e. The average molecular weight is 390 g/mol. The van der Waals surface area contributed by atoms with E-state index in [1.165, 1.54) is 10.9 Å². The number of halogens is 2. The Morgan fingerprint density at radius 3 is 2.68 bits per heavy atom. The van der Waals surface area contributed by atoms with Crippen molar-refractivity contribution >= 4 is 33.9 Å². The molecule has 0 saturated heterocycles. The lowest BCUT2D eigenvalue weighted by Gasteiger charge is -2.17. The summed E-state index contributed by atoms with van der Waals surface area (Å²) in [4.78, 5) is 5.84. The minimum absolute atomic E-state index is 0.164. The predicted octanol–water partition coefficient (Wildman–Crippen LogP) is 4.01. The van der Waals surface area contributed by atoms with Gasteiger partial charge in [-0.15, -0.1) is 11.3 Å². The molecule has 0 bridgehead atoms. The summed E-state index contributed by atoms with van der Waals surface area (Å²) in [5.41, 5.74) is 2.22. The van der Waals surface area contributed by atoms with Gasteiger partial charge in [0.1, 0.15) is 5.82 Å². The lowest BCUT2D eigenvalue weighted by atomic mass is 10.0. The molecule has 1 atom stereocenters. The van der Waals surface area contributed by atoms with Gasteiger partial charge in [-0.3, -0.25) is 0 Å². The van der Waals surface area contributed by atoms with Crippen LogP contribution < -0.4 is 5.32 Å². The van der Waals surface area contributed by atoms with E-state index in [2.05, 4.69) is 39.8 Å². The maximum atomic E-state index is 13.2. The molecule has 1 aromatic heterocycles. The number of nitrogens with one attached hydrogen (secondary N) is 1. The van der Waals surface area contributed by atoms with E-state index in [4.69, 9.17) is 0 Å². The number of hydrogen-bond acceptors (Lipinski definition) is 3. The Labute approximate surface area is 130 Å². The van der Waals surface area contributed by atoms with Gasteiger partial charge in [-0.2, -0.15) is 0 Å². The zero-order valence-corrected chi connectivity index (χ0v) is 14.1. The third-order valence-corrected chi connectivity index (χ3v) is 5.17. The van der Waals surface area contributed by atoms with Crippen LogP contribution in [0.15, 0.2) is 18.2 Å². The number of aryl methyl sites for hydroxylation is 2. The van der Waals surface area contributed by atoms with Crippen molar-refractivity contribution in [1.82, 2.24) is 10.3 Å². The van der Waals surface area contributed by atoms with Crippen molar-refractivity contribution in [2.24, 2.45) is 0 Å². The van der Waals surface area contributed by atoms with Gasteiger partial charge in [-0.05, 0) is 61.2 Å². The van der Waals surface area contributed by atoms with Crippen molar-refractivity contribution in [1.29, 1.82) is 0 Å². The number of hydrogen-bond donors (Lipinski definition) is 1. The number of thiazole rings is 1. The van der Waals surface area contributed by atoms with Crippen LogP contribution in [0.25, 0.3) is 0 Å². The monoisotopic (exact) mass is 390 g/mol. The van der Waals surface area contributed by atoms with Gasteiger partial charge in [0.2, 0.25) is 0 Å². The first-order chi connectivity index (χ1) is 9.01. The van der Waals surface area contributed by atoms with E-state index >= 15 is 0 Å². The molecule has 0 aliphatic heterocycles. The van der Waals surface area contributed by atoms with Crippen molar-refractivity contribution in [3.8, 4) is 0 Å². The fourth-order valence-corrected chi connectivity index (χ4v) is 3.79. The zero-order chi connectivity index (χ0) is 14.0. The summed E-state index contributed by atoms with van der Waals surface area (Å²) in [7, 11) is 1.93. The van der Waals surface area contributed by atoms with Crippen LogP contribution in [0.2, 0.25) is 0 Å². The second-order valence-electron chi connectivity index (χ2n) is 4.46. The fourth-order valence-electron chi connectivity index (χ4n) is 1.95. The molecule has 0 spiro atoms. The molecule has 19 heavy (non-hydrogen) atoms. The molecule has 1 unspecified atom stereocenters. The van der Waals surface area contributed by atoms with Gasteiger partial charge in [-0.25, -0.2) is 9.37 Å². The number of aromatic nitrogens is 1. The molecule has 0 radical (unpaired) electrons. The van der Waals surface area contributed by atoms with Crippen LogP contribution in [0.4, 0.5) is 4.39 Å². The first-order valence-corrected chi connectivity index (χ1v) is 7.96. The lowest BCUT2D eigenvalue weighted by Crippen LogP contribution is -2.20. The Morgan fingerprint density at radius 2 is 2.16 bits per heavy atom. The highest BCUT2D eigenvalue weighted by atomic mass is 127. The van der Waals surface area contributed by atoms with Crippen LogP contribution >= 0.6 is 33.9 Å². The highest BCUT2D eigenvalue weighted by molar-refractivity contribution is 14.1. The predicted molar refractivity (Wildman–Crippen MR) is 86.2 cm³/mol. The van der Waals surface area contributed by atoms with E-state index in [1.807, 2.05) is 20.0 Å². The number of nitrogens with zero attached hydrogens (tertiary/aromatic N) is 1. The van der Waals surface area contributed by atoms with E-state index in [-0.39, 0.29) is 11.9 Å². The topological polar surface area (TPSA) is 24.9 Å². The van der Waals surface area contributed by atoms with Crippen LogP contribution in [0.3, 0.4) is 0 Å². The molecule has 5 heteroatoms. The van der Waals surface area contributed by atoms with E-state index in [0.717, 1.165) is 26.3 Å². The molecular weight excluding hydrogens is 374 g/mol.